The molecule has 1 aliphatic heterocycles. The number of hydrogen-bond acceptors (Lipinski definition) is 4. The minimum Gasteiger partial charge on any atom is -0.399 e. The van der Waals surface area contributed by atoms with E-state index in [1.54, 1.807) is 4.90 Å². The van der Waals surface area contributed by atoms with E-state index in [0.717, 1.165) is 16.8 Å². The third kappa shape index (κ3) is 3.74. The molecule has 1 unspecified atom stereocenters. The third-order valence-corrected chi connectivity index (χ3v) is 5.33. The topological polar surface area (TPSA) is 62.1 Å². The highest BCUT2D eigenvalue weighted by molar-refractivity contribution is 6.01. The van der Waals surface area contributed by atoms with Gasteiger partial charge in [0, 0.05) is 12.0 Å². The van der Waals surface area contributed by atoms with Crippen LogP contribution in [0.15, 0.2) is 41.6 Å². The Hall–Kier alpha value is -2.66. The van der Waals surface area contributed by atoms with Crippen molar-refractivity contribution in [2.45, 2.75) is 33.2 Å². The summed E-state index contributed by atoms with van der Waals surface area (Å²) in [6.07, 6.45) is 0.537. The number of likely N-dealkylation sites (tertiary alicyclic amines) is 1. The molecule has 0 spiro atoms. The van der Waals surface area contributed by atoms with Crippen molar-refractivity contribution in [3.8, 4) is 11.1 Å². The zero-order valence-electron chi connectivity index (χ0n) is 16.3. The van der Waals surface area contributed by atoms with E-state index >= 15 is 0 Å². The molecule has 3 rings (SSSR count). The molecular weight excluding hydrogens is 340 g/mol. The van der Waals surface area contributed by atoms with E-state index in [4.69, 9.17) is 4.84 Å². The molecule has 1 atom stereocenters. The second-order valence-corrected chi connectivity index (χ2v) is 7.09. The van der Waals surface area contributed by atoms with Gasteiger partial charge in [0.1, 0.15) is 7.11 Å². The molecule has 0 aromatic heterocycles. The molecule has 1 saturated heterocycles. The van der Waals surface area contributed by atoms with Gasteiger partial charge in [0.05, 0.1) is 24.9 Å². The summed E-state index contributed by atoms with van der Waals surface area (Å²) in [5.41, 5.74) is 7.13. The van der Waals surface area contributed by atoms with Crippen LogP contribution in [0.4, 0.5) is 0 Å². The Morgan fingerprint density at radius 3 is 2.67 bits per heavy atom. The molecule has 1 heterocycles. The summed E-state index contributed by atoms with van der Waals surface area (Å²) < 4.78 is 0. The van der Waals surface area contributed by atoms with E-state index in [2.05, 4.69) is 43.3 Å². The standard InChI is InChI=1S/C22H26N2O3/c1-14-6-5-7-21(16(14)3)17-8-9-20(15(2)10-17)22(26)24-12-18(23-27-4)11-19(24)13-25/h5-10,19,25H,11-13H2,1-4H3. The van der Waals surface area contributed by atoms with Crippen LogP contribution in [0, 0.1) is 20.8 Å². The Kier molecular flexibility index (Phi) is 5.61. The zero-order chi connectivity index (χ0) is 19.6. The number of hydrogen-bond donors (Lipinski definition) is 1. The van der Waals surface area contributed by atoms with Crippen LogP contribution in [-0.2, 0) is 4.84 Å². The average Bonchev–Trinajstić information content (AvgIpc) is 3.07. The Morgan fingerprint density at radius 2 is 2.00 bits per heavy atom. The molecule has 1 fully saturated rings. The lowest BCUT2D eigenvalue weighted by atomic mass is 9.94. The highest BCUT2D eigenvalue weighted by atomic mass is 16.6. The molecule has 1 N–H and O–H groups in total. The van der Waals surface area contributed by atoms with Crippen molar-refractivity contribution in [3.05, 3.63) is 58.7 Å². The number of aliphatic hydroxyl groups excluding tert-OH is 1. The lowest BCUT2D eigenvalue weighted by Gasteiger charge is -2.23. The number of nitrogens with zero attached hydrogens (tertiary/aromatic N) is 2. The van der Waals surface area contributed by atoms with Crippen LogP contribution in [0.1, 0.15) is 33.5 Å². The van der Waals surface area contributed by atoms with Crippen LogP contribution in [0.5, 0.6) is 0 Å². The average molecular weight is 366 g/mol. The summed E-state index contributed by atoms with van der Waals surface area (Å²) in [5.74, 6) is -0.0830. The van der Waals surface area contributed by atoms with Crippen molar-refractivity contribution >= 4 is 11.6 Å². The number of carbonyl (C=O) groups excluding carboxylic acids is 1. The highest BCUT2D eigenvalue weighted by Gasteiger charge is 2.33. The van der Waals surface area contributed by atoms with Gasteiger partial charge in [-0.3, -0.25) is 4.79 Å². The van der Waals surface area contributed by atoms with E-state index in [1.807, 2.05) is 19.1 Å². The first kappa shape index (κ1) is 19.1. The maximum atomic E-state index is 13.1. The Bertz CT molecular complexity index is 889. The van der Waals surface area contributed by atoms with Gasteiger partial charge < -0.3 is 14.8 Å². The number of oxime groups is 1. The fraction of sp³-hybridized carbons (Fsp3) is 0.364. The molecule has 2 aromatic carbocycles. The maximum Gasteiger partial charge on any atom is 0.254 e. The summed E-state index contributed by atoms with van der Waals surface area (Å²) in [6, 6.07) is 11.9. The molecule has 0 radical (unpaired) electrons. The Balaban J connectivity index is 1.91. The number of benzene rings is 2. The van der Waals surface area contributed by atoms with E-state index in [0.29, 0.717) is 18.5 Å². The van der Waals surface area contributed by atoms with E-state index < -0.39 is 0 Å². The van der Waals surface area contributed by atoms with Gasteiger partial charge in [-0.15, -0.1) is 0 Å². The molecule has 5 heteroatoms. The lowest BCUT2D eigenvalue weighted by molar-refractivity contribution is 0.0679. The first-order chi connectivity index (χ1) is 13.0. The van der Waals surface area contributed by atoms with Gasteiger partial charge in [-0.2, -0.15) is 0 Å². The minimum atomic E-state index is -0.260. The van der Waals surface area contributed by atoms with Crippen LogP contribution < -0.4 is 0 Å². The van der Waals surface area contributed by atoms with E-state index in [-0.39, 0.29) is 18.6 Å². The monoisotopic (exact) mass is 366 g/mol. The van der Waals surface area contributed by atoms with Gasteiger partial charge in [0.25, 0.3) is 5.91 Å². The predicted octanol–water partition coefficient (Wildman–Crippen LogP) is 3.49. The lowest BCUT2D eigenvalue weighted by Crippen LogP contribution is -2.38. The van der Waals surface area contributed by atoms with E-state index in [9.17, 15) is 9.90 Å². The van der Waals surface area contributed by atoms with Crippen LogP contribution >= 0.6 is 0 Å². The third-order valence-electron chi connectivity index (χ3n) is 5.33. The minimum absolute atomic E-state index is 0.0830. The Labute approximate surface area is 160 Å². The largest absolute Gasteiger partial charge is 0.399 e. The van der Waals surface area contributed by atoms with Gasteiger partial charge in [-0.05, 0) is 54.7 Å². The van der Waals surface area contributed by atoms with Gasteiger partial charge in [0.15, 0.2) is 0 Å². The molecule has 1 aliphatic rings. The summed E-state index contributed by atoms with van der Waals surface area (Å²) in [7, 11) is 1.49. The van der Waals surface area contributed by atoms with Gasteiger partial charge >= 0.3 is 0 Å². The summed E-state index contributed by atoms with van der Waals surface area (Å²) in [6.45, 7) is 6.47. The summed E-state index contributed by atoms with van der Waals surface area (Å²) in [4.78, 5) is 19.6. The molecule has 5 nitrogen and oxygen atoms in total. The zero-order valence-corrected chi connectivity index (χ0v) is 16.3. The number of aliphatic hydroxyl groups is 1. The van der Waals surface area contributed by atoms with Crippen molar-refractivity contribution in [2.24, 2.45) is 5.16 Å². The fourth-order valence-electron chi connectivity index (χ4n) is 3.66. The van der Waals surface area contributed by atoms with Crippen LogP contribution in [0.25, 0.3) is 11.1 Å². The second kappa shape index (κ2) is 7.92. The van der Waals surface area contributed by atoms with Gasteiger partial charge in [-0.25, -0.2) is 0 Å². The second-order valence-electron chi connectivity index (χ2n) is 7.09. The normalized spacial score (nSPS) is 18.2. The molecular formula is C22H26N2O3. The molecule has 1 amide bonds. The predicted molar refractivity (Wildman–Crippen MR) is 107 cm³/mol. The first-order valence-electron chi connectivity index (χ1n) is 9.14. The quantitative estimate of drug-likeness (QED) is 0.843. The SMILES string of the molecule is CON=C1CC(CO)N(C(=O)c2ccc(-c3cccc(C)c3C)cc2C)C1. The van der Waals surface area contributed by atoms with Crippen molar-refractivity contribution in [1.29, 1.82) is 0 Å². The fourth-order valence-corrected chi connectivity index (χ4v) is 3.66. The molecule has 2 aromatic rings. The van der Waals surface area contributed by atoms with Crippen molar-refractivity contribution in [3.63, 3.8) is 0 Å². The number of rotatable bonds is 4. The van der Waals surface area contributed by atoms with Gasteiger partial charge in [0.2, 0.25) is 0 Å². The summed E-state index contributed by atoms with van der Waals surface area (Å²) >= 11 is 0. The van der Waals surface area contributed by atoms with Crippen molar-refractivity contribution in [1.82, 2.24) is 4.90 Å². The van der Waals surface area contributed by atoms with Crippen molar-refractivity contribution < 1.29 is 14.7 Å². The van der Waals surface area contributed by atoms with E-state index in [1.165, 1.54) is 23.8 Å². The van der Waals surface area contributed by atoms with Crippen LogP contribution in [0.3, 0.4) is 0 Å². The van der Waals surface area contributed by atoms with Crippen LogP contribution in [-0.4, -0.2) is 47.9 Å². The van der Waals surface area contributed by atoms with Crippen molar-refractivity contribution in [2.75, 3.05) is 20.3 Å². The smallest absolute Gasteiger partial charge is 0.254 e. The molecule has 27 heavy (non-hydrogen) atoms. The highest BCUT2D eigenvalue weighted by Crippen LogP contribution is 2.28. The van der Waals surface area contributed by atoms with Gasteiger partial charge in [-0.1, -0.05) is 35.5 Å². The number of carbonyl (C=O) groups is 1. The molecule has 142 valence electrons. The first-order valence-corrected chi connectivity index (χ1v) is 9.14. The Morgan fingerprint density at radius 1 is 1.22 bits per heavy atom. The molecule has 0 aliphatic carbocycles. The molecule has 0 bridgehead atoms. The molecule has 0 saturated carbocycles. The number of amides is 1. The van der Waals surface area contributed by atoms with Crippen LogP contribution in [0.2, 0.25) is 0 Å². The maximum absolute atomic E-state index is 13.1. The summed E-state index contributed by atoms with van der Waals surface area (Å²) in [5, 5.41) is 13.6. The number of aryl methyl sites for hydroxylation is 2.